The molecule has 0 amide bonds. The summed E-state index contributed by atoms with van der Waals surface area (Å²) in [6.45, 7) is 6.86. The molecule has 25 heavy (non-hydrogen) atoms. The Bertz CT molecular complexity index is 840. The Morgan fingerprint density at radius 1 is 1.20 bits per heavy atom. The minimum Gasteiger partial charge on any atom is -0.349 e. The Morgan fingerprint density at radius 2 is 2.04 bits per heavy atom. The van der Waals surface area contributed by atoms with E-state index in [4.69, 9.17) is 11.6 Å². The van der Waals surface area contributed by atoms with Crippen LogP contribution in [0.3, 0.4) is 0 Å². The summed E-state index contributed by atoms with van der Waals surface area (Å²) in [6, 6.07) is 7.68. The minimum atomic E-state index is -0.0161. The van der Waals surface area contributed by atoms with E-state index in [0.717, 1.165) is 11.4 Å². The zero-order chi connectivity index (χ0) is 17.9. The molecular weight excluding hydrogens is 338 g/mol. The maximum Gasteiger partial charge on any atom is 0.225 e. The van der Waals surface area contributed by atoms with Crippen LogP contribution in [0.2, 0.25) is 5.02 Å². The highest BCUT2D eigenvalue weighted by Crippen LogP contribution is 2.26. The van der Waals surface area contributed by atoms with Crippen LogP contribution >= 0.6 is 11.6 Å². The molecule has 0 aliphatic carbocycles. The number of hydrogen-bond acceptors (Lipinski definition) is 6. The highest BCUT2D eigenvalue weighted by Gasteiger charge is 2.17. The van der Waals surface area contributed by atoms with Crippen LogP contribution in [0.1, 0.15) is 32.2 Å². The molecule has 0 saturated heterocycles. The van der Waals surface area contributed by atoms with Crippen molar-refractivity contribution in [3.8, 4) is 0 Å². The first-order valence-electron chi connectivity index (χ1n) is 7.91. The molecule has 0 aromatic carbocycles. The quantitative estimate of drug-likeness (QED) is 0.641. The van der Waals surface area contributed by atoms with Crippen molar-refractivity contribution in [2.45, 2.75) is 32.7 Å². The van der Waals surface area contributed by atoms with Crippen molar-refractivity contribution in [2.24, 2.45) is 0 Å². The fraction of sp³-hybridized carbons (Fsp3) is 0.294. The van der Waals surface area contributed by atoms with Crippen LogP contribution in [0.4, 0.5) is 17.6 Å². The number of halogens is 1. The van der Waals surface area contributed by atoms with Gasteiger partial charge >= 0.3 is 0 Å². The molecule has 0 unspecified atom stereocenters. The van der Waals surface area contributed by atoms with Crippen molar-refractivity contribution in [3.05, 3.63) is 53.1 Å². The molecule has 0 fully saturated rings. The lowest BCUT2D eigenvalue weighted by Gasteiger charge is -2.14. The number of aromatic nitrogens is 5. The van der Waals surface area contributed by atoms with Gasteiger partial charge in [0.2, 0.25) is 5.95 Å². The maximum absolute atomic E-state index is 6.19. The number of H-pyrrole nitrogens is 1. The van der Waals surface area contributed by atoms with Crippen LogP contribution in [-0.2, 0) is 12.0 Å². The molecule has 8 heteroatoms. The van der Waals surface area contributed by atoms with E-state index in [1.165, 1.54) is 0 Å². The van der Waals surface area contributed by atoms with E-state index in [0.29, 0.717) is 29.2 Å². The van der Waals surface area contributed by atoms with E-state index in [-0.39, 0.29) is 5.41 Å². The molecule has 7 nitrogen and oxygen atoms in total. The van der Waals surface area contributed by atoms with Crippen molar-refractivity contribution >= 4 is 29.2 Å². The maximum atomic E-state index is 6.19. The van der Waals surface area contributed by atoms with E-state index in [1.54, 1.807) is 12.4 Å². The lowest BCUT2D eigenvalue weighted by atomic mass is 9.92. The second-order valence-corrected chi connectivity index (χ2v) is 7.01. The Kier molecular flexibility index (Phi) is 4.85. The van der Waals surface area contributed by atoms with Crippen molar-refractivity contribution in [2.75, 3.05) is 10.6 Å². The van der Waals surface area contributed by atoms with Crippen molar-refractivity contribution in [1.29, 1.82) is 0 Å². The number of nitrogens with one attached hydrogen (secondary N) is 3. The summed E-state index contributed by atoms with van der Waals surface area (Å²) in [4.78, 5) is 12.9. The van der Waals surface area contributed by atoms with Crippen molar-refractivity contribution in [3.63, 3.8) is 0 Å². The van der Waals surface area contributed by atoms with Gasteiger partial charge in [-0.25, -0.2) is 4.98 Å². The molecule has 3 N–H and O–H groups in total. The first-order valence-corrected chi connectivity index (χ1v) is 8.29. The molecule has 0 saturated carbocycles. The summed E-state index contributed by atoms with van der Waals surface area (Å²) in [5, 5.41) is 14.0. The third-order valence-electron chi connectivity index (χ3n) is 3.53. The monoisotopic (exact) mass is 357 g/mol. The highest BCUT2D eigenvalue weighted by molar-refractivity contribution is 6.32. The molecule has 0 aliphatic heterocycles. The largest absolute Gasteiger partial charge is 0.349 e. The summed E-state index contributed by atoms with van der Waals surface area (Å²) in [5.74, 6) is 1.61. The summed E-state index contributed by atoms with van der Waals surface area (Å²) in [6.07, 6.45) is 3.30. The molecule has 0 radical (unpaired) electrons. The molecule has 0 atom stereocenters. The van der Waals surface area contributed by atoms with Gasteiger partial charge in [0.25, 0.3) is 0 Å². The normalized spacial score (nSPS) is 11.4. The summed E-state index contributed by atoms with van der Waals surface area (Å²) in [5.41, 5.74) is 1.91. The van der Waals surface area contributed by atoms with Crippen LogP contribution in [0.5, 0.6) is 0 Å². The Labute approximate surface area is 151 Å². The molecule has 3 rings (SSSR count). The molecule has 0 aliphatic rings. The fourth-order valence-electron chi connectivity index (χ4n) is 2.10. The average molecular weight is 358 g/mol. The van der Waals surface area contributed by atoms with Crippen LogP contribution in [0.25, 0.3) is 0 Å². The van der Waals surface area contributed by atoms with Gasteiger partial charge in [0.1, 0.15) is 5.02 Å². The molecule has 0 bridgehead atoms. The second kappa shape index (κ2) is 7.06. The van der Waals surface area contributed by atoms with Gasteiger partial charge in [-0.3, -0.25) is 10.1 Å². The topological polar surface area (TPSA) is 91.4 Å². The van der Waals surface area contributed by atoms with Crippen LogP contribution in [-0.4, -0.2) is 25.1 Å². The first kappa shape index (κ1) is 17.2. The smallest absolute Gasteiger partial charge is 0.225 e. The third kappa shape index (κ3) is 4.45. The van der Waals surface area contributed by atoms with Gasteiger partial charge in [0.15, 0.2) is 11.6 Å². The lowest BCUT2D eigenvalue weighted by molar-refractivity contribution is 0.567. The van der Waals surface area contributed by atoms with Gasteiger partial charge in [-0.15, -0.1) is 0 Å². The number of hydrogen-bond donors (Lipinski definition) is 3. The number of aromatic amines is 1. The number of nitrogens with zero attached hydrogens (tertiary/aromatic N) is 4. The van der Waals surface area contributed by atoms with Crippen LogP contribution in [0.15, 0.2) is 36.7 Å². The lowest BCUT2D eigenvalue weighted by Crippen LogP contribution is -2.11. The van der Waals surface area contributed by atoms with Crippen LogP contribution in [0, 0.1) is 0 Å². The summed E-state index contributed by atoms with van der Waals surface area (Å²) >= 11 is 6.19. The predicted molar refractivity (Wildman–Crippen MR) is 99.2 cm³/mol. The van der Waals surface area contributed by atoms with E-state index in [2.05, 4.69) is 56.6 Å². The number of anilines is 3. The first-order chi connectivity index (χ1) is 11.9. The second-order valence-electron chi connectivity index (χ2n) is 6.61. The van der Waals surface area contributed by atoms with Crippen molar-refractivity contribution < 1.29 is 0 Å². The van der Waals surface area contributed by atoms with Crippen LogP contribution < -0.4 is 10.6 Å². The van der Waals surface area contributed by atoms with Gasteiger partial charge in [-0.2, -0.15) is 10.1 Å². The predicted octanol–water partition coefficient (Wildman–Crippen LogP) is 3.90. The zero-order valence-electron chi connectivity index (χ0n) is 14.3. The molecule has 3 heterocycles. The van der Waals surface area contributed by atoms with Gasteiger partial charge in [0.05, 0.1) is 18.4 Å². The molecule has 3 aromatic rings. The van der Waals surface area contributed by atoms with E-state index in [1.807, 2.05) is 24.3 Å². The minimum absolute atomic E-state index is 0.0161. The van der Waals surface area contributed by atoms with E-state index >= 15 is 0 Å². The Hall–Kier alpha value is -2.67. The standard InChI is InChI=1S/C17H20ClN7/c1-17(2,3)13-8-14(25-24-13)22-15-12(18)10-21-16(23-15)20-9-11-6-4-5-7-19-11/h4-8,10H,9H2,1-3H3,(H3,20,21,22,23,24,25). The Morgan fingerprint density at radius 3 is 2.72 bits per heavy atom. The summed E-state index contributed by atoms with van der Waals surface area (Å²) in [7, 11) is 0. The molecular formula is C17H20ClN7. The van der Waals surface area contributed by atoms with E-state index in [9.17, 15) is 0 Å². The number of pyridine rings is 1. The molecule has 0 spiro atoms. The van der Waals surface area contributed by atoms with Gasteiger partial charge in [0, 0.05) is 23.4 Å². The number of rotatable bonds is 5. The highest BCUT2D eigenvalue weighted by atomic mass is 35.5. The fourth-order valence-corrected chi connectivity index (χ4v) is 2.24. The molecule has 130 valence electrons. The van der Waals surface area contributed by atoms with Gasteiger partial charge in [-0.1, -0.05) is 38.4 Å². The van der Waals surface area contributed by atoms with Gasteiger partial charge < -0.3 is 10.6 Å². The van der Waals surface area contributed by atoms with E-state index < -0.39 is 0 Å². The van der Waals surface area contributed by atoms with Crippen molar-refractivity contribution in [1.82, 2.24) is 25.1 Å². The third-order valence-corrected chi connectivity index (χ3v) is 3.81. The Balaban J connectivity index is 1.72. The SMILES string of the molecule is CC(C)(C)c1cc(Nc2nc(NCc3ccccn3)ncc2Cl)n[nH]1. The zero-order valence-corrected chi connectivity index (χ0v) is 15.1. The van der Waals surface area contributed by atoms with Gasteiger partial charge in [-0.05, 0) is 12.1 Å². The summed E-state index contributed by atoms with van der Waals surface area (Å²) < 4.78 is 0. The average Bonchev–Trinajstić information content (AvgIpc) is 3.05. The molecule has 3 aromatic heterocycles.